The summed E-state index contributed by atoms with van der Waals surface area (Å²) in [5.74, 6) is 1.06. The topological polar surface area (TPSA) is 85.2 Å². The van der Waals surface area contributed by atoms with Gasteiger partial charge >= 0.3 is 0 Å². The number of carbonyl (C=O) groups is 1. The number of hydrogen-bond donors (Lipinski definition) is 3. The van der Waals surface area contributed by atoms with Crippen LogP contribution in [0.15, 0.2) is 101 Å². The first-order chi connectivity index (χ1) is 16.1. The number of aromatic hydroxyl groups is 2. The normalized spacial score (nSPS) is 17.8. The number of aliphatic imine (C=N–C) groups is 1. The summed E-state index contributed by atoms with van der Waals surface area (Å²) in [4.78, 5) is 19.9. The molecule has 0 aliphatic carbocycles. The van der Waals surface area contributed by atoms with Gasteiger partial charge in [0.15, 0.2) is 0 Å². The predicted octanol–water partition coefficient (Wildman–Crippen LogP) is 3.83. The molecule has 3 aromatic rings. The molecule has 1 unspecified atom stereocenters. The Morgan fingerprint density at radius 1 is 0.909 bits per heavy atom. The SMILES string of the molecule is O=C1C(Cc2ccc(O)cc2)NC2=C(C=Cc3ccccc3)N=C(c3ccc(O)cc3)CN12. The lowest BCUT2D eigenvalue weighted by molar-refractivity contribution is -0.127. The summed E-state index contributed by atoms with van der Waals surface area (Å²) in [6.45, 7) is 0.348. The predicted molar refractivity (Wildman–Crippen MR) is 128 cm³/mol. The van der Waals surface area contributed by atoms with Crippen LogP contribution >= 0.6 is 0 Å². The molecule has 1 saturated heterocycles. The minimum Gasteiger partial charge on any atom is -0.508 e. The van der Waals surface area contributed by atoms with Gasteiger partial charge in [0.25, 0.3) is 5.91 Å². The Morgan fingerprint density at radius 2 is 1.58 bits per heavy atom. The first-order valence-corrected chi connectivity index (χ1v) is 10.8. The van der Waals surface area contributed by atoms with Gasteiger partial charge in [-0.05, 0) is 59.2 Å². The van der Waals surface area contributed by atoms with Crippen LogP contribution in [0.4, 0.5) is 0 Å². The van der Waals surface area contributed by atoms with E-state index >= 15 is 0 Å². The standard InChI is InChI=1S/C27H23N3O3/c31-21-11-6-19(7-12-21)16-24-27(33)30-17-25(20-9-13-22(32)14-10-20)28-23(26(30)29-24)15-8-18-4-2-1-3-5-18/h1-15,24,29,31-32H,16-17H2. The van der Waals surface area contributed by atoms with Gasteiger partial charge in [-0.3, -0.25) is 9.69 Å². The van der Waals surface area contributed by atoms with Gasteiger partial charge in [-0.15, -0.1) is 0 Å². The molecule has 6 nitrogen and oxygen atoms in total. The van der Waals surface area contributed by atoms with Crippen molar-refractivity contribution in [2.45, 2.75) is 12.5 Å². The third kappa shape index (κ3) is 4.36. The monoisotopic (exact) mass is 437 g/mol. The average Bonchev–Trinajstić information content (AvgIpc) is 3.15. The molecular formula is C27H23N3O3. The minimum absolute atomic E-state index is 0.0186. The maximum absolute atomic E-state index is 13.3. The number of carbonyl (C=O) groups excluding carboxylic acids is 1. The molecule has 3 N–H and O–H groups in total. The molecule has 2 aliphatic rings. The number of nitrogens with one attached hydrogen (secondary N) is 1. The zero-order valence-electron chi connectivity index (χ0n) is 17.8. The van der Waals surface area contributed by atoms with E-state index in [1.54, 1.807) is 41.3 Å². The van der Waals surface area contributed by atoms with E-state index in [1.807, 2.05) is 54.6 Å². The van der Waals surface area contributed by atoms with E-state index < -0.39 is 6.04 Å². The van der Waals surface area contributed by atoms with E-state index in [-0.39, 0.29) is 17.4 Å². The Bertz CT molecular complexity index is 1260. The number of fused-ring (bicyclic) bond motifs is 1. The number of rotatable bonds is 5. The maximum Gasteiger partial charge on any atom is 0.251 e. The number of phenols is 2. The summed E-state index contributed by atoms with van der Waals surface area (Å²) in [7, 11) is 0. The average molecular weight is 437 g/mol. The number of benzene rings is 3. The van der Waals surface area contributed by atoms with Gasteiger partial charge in [-0.1, -0.05) is 48.5 Å². The van der Waals surface area contributed by atoms with E-state index in [0.717, 1.165) is 22.4 Å². The van der Waals surface area contributed by atoms with Gasteiger partial charge in [0, 0.05) is 6.42 Å². The molecule has 0 spiro atoms. The first-order valence-electron chi connectivity index (χ1n) is 10.8. The molecule has 1 amide bonds. The van der Waals surface area contributed by atoms with E-state index in [4.69, 9.17) is 4.99 Å². The maximum atomic E-state index is 13.3. The molecule has 164 valence electrons. The second kappa shape index (κ2) is 8.67. The molecule has 0 saturated carbocycles. The highest BCUT2D eigenvalue weighted by Crippen LogP contribution is 2.28. The van der Waals surface area contributed by atoms with Crippen molar-refractivity contribution in [1.29, 1.82) is 0 Å². The summed E-state index contributed by atoms with van der Waals surface area (Å²) in [5.41, 5.74) is 4.28. The molecule has 1 fully saturated rings. The first kappa shape index (κ1) is 20.6. The summed E-state index contributed by atoms with van der Waals surface area (Å²) in [5, 5.41) is 22.6. The van der Waals surface area contributed by atoms with Crippen molar-refractivity contribution in [3.8, 4) is 11.5 Å². The molecule has 0 aromatic heterocycles. The second-order valence-corrected chi connectivity index (χ2v) is 8.08. The van der Waals surface area contributed by atoms with Crippen LogP contribution in [0.3, 0.4) is 0 Å². The number of nitrogens with zero attached hydrogens (tertiary/aromatic N) is 2. The van der Waals surface area contributed by atoms with Crippen molar-refractivity contribution in [3.63, 3.8) is 0 Å². The third-order valence-corrected chi connectivity index (χ3v) is 5.76. The van der Waals surface area contributed by atoms with E-state index in [0.29, 0.717) is 24.5 Å². The fraction of sp³-hybridized carbons (Fsp3) is 0.111. The fourth-order valence-electron chi connectivity index (χ4n) is 4.03. The Balaban J connectivity index is 1.48. The quantitative estimate of drug-likeness (QED) is 0.566. The van der Waals surface area contributed by atoms with Crippen LogP contribution in [-0.2, 0) is 11.2 Å². The van der Waals surface area contributed by atoms with Crippen LogP contribution in [0.25, 0.3) is 6.08 Å². The summed E-state index contributed by atoms with van der Waals surface area (Å²) in [6.07, 6.45) is 4.40. The molecule has 3 aromatic carbocycles. The lowest BCUT2D eigenvalue weighted by Gasteiger charge is -2.24. The molecule has 0 radical (unpaired) electrons. The van der Waals surface area contributed by atoms with Gasteiger partial charge in [0.05, 0.1) is 12.3 Å². The van der Waals surface area contributed by atoms with Crippen LogP contribution < -0.4 is 5.32 Å². The van der Waals surface area contributed by atoms with Crippen LogP contribution in [0.1, 0.15) is 16.7 Å². The molecule has 33 heavy (non-hydrogen) atoms. The van der Waals surface area contributed by atoms with Crippen molar-refractivity contribution in [2.75, 3.05) is 6.54 Å². The van der Waals surface area contributed by atoms with Gasteiger partial charge in [0.2, 0.25) is 0 Å². The highest BCUT2D eigenvalue weighted by molar-refractivity contribution is 6.06. The van der Waals surface area contributed by atoms with Gasteiger partial charge < -0.3 is 15.5 Å². The molecular weight excluding hydrogens is 414 g/mol. The van der Waals surface area contributed by atoms with Crippen molar-refractivity contribution in [1.82, 2.24) is 10.2 Å². The Labute approximate surface area is 191 Å². The molecule has 6 heteroatoms. The van der Waals surface area contributed by atoms with Crippen LogP contribution in [-0.4, -0.2) is 39.3 Å². The van der Waals surface area contributed by atoms with Crippen molar-refractivity contribution in [2.24, 2.45) is 4.99 Å². The Kier molecular flexibility index (Phi) is 5.40. The number of hydrogen-bond acceptors (Lipinski definition) is 5. The minimum atomic E-state index is -0.418. The van der Waals surface area contributed by atoms with E-state index in [1.165, 1.54) is 0 Å². The van der Waals surface area contributed by atoms with E-state index in [9.17, 15) is 15.0 Å². The Morgan fingerprint density at radius 3 is 2.27 bits per heavy atom. The van der Waals surface area contributed by atoms with Gasteiger partial charge in [-0.25, -0.2) is 4.99 Å². The zero-order valence-corrected chi connectivity index (χ0v) is 17.8. The second-order valence-electron chi connectivity index (χ2n) is 8.08. The Hall–Kier alpha value is -4.32. The largest absolute Gasteiger partial charge is 0.508 e. The highest BCUT2D eigenvalue weighted by atomic mass is 16.3. The smallest absolute Gasteiger partial charge is 0.251 e. The molecule has 2 heterocycles. The third-order valence-electron chi connectivity index (χ3n) is 5.76. The zero-order chi connectivity index (χ0) is 22.8. The summed E-state index contributed by atoms with van der Waals surface area (Å²) >= 11 is 0. The molecule has 1 atom stereocenters. The number of allylic oxidation sites excluding steroid dienone is 1. The lowest BCUT2D eigenvalue weighted by Crippen LogP contribution is -2.36. The van der Waals surface area contributed by atoms with Gasteiger partial charge in [0.1, 0.15) is 29.1 Å². The molecule has 2 aliphatic heterocycles. The van der Waals surface area contributed by atoms with Crippen LogP contribution in [0.5, 0.6) is 11.5 Å². The lowest BCUT2D eigenvalue weighted by atomic mass is 10.1. The van der Waals surface area contributed by atoms with Crippen LogP contribution in [0, 0.1) is 0 Å². The van der Waals surface area contributed by atoms with Crippen molar-refractivity contribution < 1.29 is 15.0 Å². The number of phenolic OH excluding ortho intramolecular Hbond substituents is 2. The van der Waals surface area contributed by atoms with Gasteiger partial charge in [-0.2, -0.15) is 0 Å². The highest BCUT2D eigenvalue weighted by Gasteiger charge is 2.39. The number of amides is 1. The molecule has 0 bridgehead atoms. The summed E-state index contributed by atoms with van der Waals surface area (Å²) < 4.78 is 0. The molecule has 5 rings (SSSR count). The van der Waals surface area contributed by atoms with Crippen molar-refractivity contribution in [3.05, 3.63) is 113 Å². The van der Waals surface area contributed by atoms with Crippen molar-refractivity contribution >= 4 is 17.7 Å². The fourth-order valence-corrected chi connectivity index (χ4v) is 4.03. The summed E-state index contributed by atoms with van der Waals surface area (Å²) in [6, 6.07) is 23.3. The van der Waals surface area contributed by atoms with E-state index in [2.05, 4.69) is 5.32 Å². The van der Waals surface area contributed by atoms with Crippen LogP contribution in [0.2, 0.25) is 0 Å².